The number of hydrogen-bond acceptors (Lipinski definition) is 3. The molecule has 0 unspecified atom stereocenters. The molecule has 2 saturated heterocycles. The quantitative estimate of drug-likeness (QED) is 0.718. The lowest BCUT2D eigenvalue weighted by molar-refractivity contribution is -0.130. The van der Waals surface area contributed by atoms with Crippen molar-refractivity contribution in [2.75, 3.05) is 19.6 Å². The maximum atomic E-state index is 13.3. The Morgan fingerprint density at radius 3 is 2.60 bits per heavy atom. The van der Waals surface area contributed by atoms with E-state index >= 15 is 0 Å². The summed E-state index contributed by atoms with van der Waals surface area (Å²) in [6.07, 6.45) is 1.86. The van der Waals surface area contributed by atoms with Gasteiger partial charge < -0.3 is 4.90 Å². The summed E-state index contributed by atoms with van der Waals surface area (Å²) in [5.41, 5.74) is 4.21. The highest BCUT2D eigenvalue weighted by molar-refractivity contribution is 5.74. The van der Waals surface area contributed by atoms with Crippen LogP contribution < -0.4 is 0 Å². The third-order valence-corrected chi connectivity index (χ3v) is 6.53. The van der Waals surface area contributed by atoms with Crippen LogP contribution in [0.3, 0.4) is 0 Å². The molecule has 2 aliphatic heterocycles. The van der Waals surface area contributed by atoms with Gasteiger partial charge in [-0.05, 0) is 35.7 Å². The lowest BCUT2D eigenvalue weighted by Gasteiger charge is -2.29. The minimum Gasteiger partial charge on any atom is -0.335 e. The molecule has 154 valence electrons. The van der Waals surface area contributed by atoms with Crippen LogP contribution in [0.1, 0.15) is 24.1 Å². The van der Waals surface area contributed by atoms with Crippen LogP contribution in [0.15, 0.2) is 60.8 Å². The number of fused-ring (bicyclic) bond motifs is 1. The molecule has 3 atom stereocenters. The summed E-state index contributed by atoms with van der Waals surface area (Å²) in [7, 11) is 0. The van der Waals surface area contributed by atoms with Crippen LogP contribution in [0.2, 0.25) is 0 Å². The zero-order valence-electron chi connectivity index (χ0n) is 17.0. The summed E-state index contributed by atoms with van der Waals surface area (Å²) in [5, 5.41) is 7.31. The third-order valence-electron chi connectivity index (χ3n) is 6.53. The number of nitrogens with zero attached hydrogens (tertiary/aromatic N) is 3. The van der Waals surface area contributed by atoms with E-state index in [4.69, 9.17) is 0 Å². The van der Waals surface area contributed by atoms with Gasteiger partial charge in [-0.2, -0.15) is 5.10 Å². The Bertz CT molecular complexity index is 1030. The fourth-order valence-corrected chi connectivity index (χ4v) is 5.21. The highest BCUT2D eigenvalue weighted by atomic mass is 19.1. The fourth-order valence-electron chi connectivity index (χ4n) is 5.21. The molecule has 2 fully saturated rings. The predicted molar refractivity (Wildman–Crippen MR) is 113 cm³/mol. The van der Waals surface area contributed by atoms with Gasteiger partial charge in [-0.15, -0.1) is 0 Å². The van der Waals surface area contributed by atoms with E-state index < -0.39 is 0 Å². The highest BCUT2D eigenvalue weighted by Gasteiger charge is 2.48. The maximum absolute atomic E-state index is 13.3. The van der Waals surface area contributed by atoms with Gasteiger partial charge in [-0.25, -0.2) is 4.39 Å². The highest BCUT2D eigenvalue weighted by Crippen LogP contribution is 2.45. The topological polar surface area (TPSA) is 52.2 Å². The Morgan fingerprint density at radius 2 is 1.87 bits per heavy atom. The second kappa shape index (κ2) is 7.69. The number of nitrogens with one attached hydrogen (secondary N) is 1. The molecule has 3 heterocycles. The normalized spacial score (nSPS) is 23.7. The number of amides is 1. The summed E-state index contributed by atoms with van der Waals surface area (Å²) < 4.78 is 13.3. The molecule has 5 nitrogen and oxygen atoms in total. The van der Waals surface area contributed by atoms with Gasteiger partial charge in [0.05, 0.1) is 17.9 Å². The van der Waals surface area contributed by atoms with Gasteiger partial charge in [0.15, 0.2) is 0 Å². The molecule has 2 aromatic carbocycles. The van der Waals surface area contributed by atoms with Crippen LogP contribution in [-0.4, -0.2) is 45.5 Å². The van der Waals surface area contributed by atoms with Crippen LogP contribution in [-0.2, 0) is 11.3 Å². The Kier molecular flexibility index (Phi) is 4.87. The number of aromatic nitrogens is 2. The number of aromatic amines is 1. The van der Waals surface area contributed by atoms with Crippen molar-refractivity contribution in [1.29, 1.82) is 0 Å². The number of rotatable bonds is 4. The first-order valence-corrected chi connectivity index (χ1v) is 10.4. The molecule has 30 heavy (non-hydrogen) atoms. The molecule has 5 rings (SSSR count). The molecule has 0 bridgehead atoms. The number of hydrogen-bond donors (Lipinski definition) is 1. The van der Waals surface area contributed by atoms with Crippen molar-refractivity contribution in [3.8, 4) is 11.3 Å². The van der Waals surface area contributed by atoms with Gasteiger partial charge in [0.25, 0.3) is 0 Å². The van der Waals surface area contributed by atoms with Gasteiger partial charge in [-0.3, -0.25) is 14.8 Å². The molecule has 0 saturated carbocycles. The van der Waals surface area contributed by atoms with Gasteiger partial charge in [-0.1, -0.05) is 30.3 Å². The molecule has 1 aromatic heterocycles. The molecule has 2 aliphatic rings. The number of halogens is 1. The van der Waals surface area contributed by atoms with Crippen molar-refractivity contribution in [2.45, 2.75) is 19.5 Å². The first-order valence-electron chi connectivity index (χ1n) is 10.4. The van der Waals surface area contributed by atoms with E-state index in [0.717, 1.165) is 43.0 Å². The standard InChI is InChI=1S/C24H25FN4O/c1-16(30)29-14-20-13-28(15-22(20)24(29)18-5-3-2-4-6-18)12-19-11-26-27-23(19)17-7-9-21(25)10-8-17/h2-11,20,22,24H,12-15H2,1H3,(H,26,27)/t20-,22-,24+/m1/s1. The van der Waals surface area contributed by atoms with Crippen LogP contribution in [0, 0.1) is 17.7 Å². The second-order valence-corrected chi connectivity index (χ2v) is 8.42. The number of carbonyl (C=O) groups is 1. The van der Waals surface area contributed by atoms with E-state index in [9.17, 15) is 9.18 Å². The van der Waals surface area contributed by atoms with Crippen molar-refractivity contribution < 1.29 is 9.18 Å². The van der Waals surface area contributed by atoms with Gasteiger partial charge in [0, 0.05) is 50.1 Å². The van der Waals surface area contributed by atoms with Crippen molar-refractivity contribution in [2.24, 2.45) is 11.8 Å². The molecule has 0 radical (unpaired) electrons. The molecule has 6 heteroatoms. The Morgan fingerprint density at radius 1 is 1.10 bits per heavy atom. The monoisotopic (exact) mass is 404 g/mol. The van der Waals surface area contributed by atoms with E-state index in [1.807, 2.05) is 29.3 Å². The SMILES string of the molecule is CC(=O)N1C[C@H]2CN(Cc3cn[nH]c3-c3ccc(F)cc3)C[C@H]2[C@@H]1c1ccccc1. The second-order valence-electron chi connectivity index (χ2n) is 8.42. The Balaban J connectivity index is 1.35. The fraction of sp³-hybridized carbons (Fsp3) is 0.333. The molecular formula is C24H25FN4O. The van der Waals surface area contributed by atoms with Crippen molar-refractivity contribution >= 4 is 5.91 Å². The number of H-pyrrole nitrogens is 1. The first-order chi connectivity index (χ1) is 14.6. The molecule has 3 aromatic rings. The maximum Gasteiger partial charge on any atom is 0.219 e. The predicted octanol–water partition coefficient (Wildman–Crippen LogP) is 3.87. The lowest BCUT2D eigenvalue weighted by Crippen LogP contribution is -2.34. The Hall–Kier alpha value is -2.99. The summed E-state index contributed by atoms with van der Waals surface area (Å²) in [6.45, 7) is 5.19. The van der Waals surface area contributed by atoms with Gasteiger partial charge >= 0.3 is 0 Å². The van der Waals surface area contributed by atoms with E-state index in [0.29, 0.717) is 11.8 Å². The third kappa shape index (κ3) is 3.41. The first kappa shape index (κ1) is 19.0. The van der Waals surface area contributed by atoms with Crippen molar-refractivity contribution in [3.05, 3.63) is 77.7 Å². The summed E-state index contributed by atoms with van der Waals surface area (Å²) in [5.74, 6) is 0.810. The zero-order valence-corrected chi connectivity index (χ0v) is 17.0. The summed E-state index contributed by atoms with van der Waals surface area (Å²) in [6, 6.07) is 17.0. The number of carbonyl (C=O) groups excluding carboxylic acids is 1. The van der Waals surface area contributed by atoms with Crippen LogP contribution >= 0.6 is 0 Å². The van der Waals surface area contributed by atoms with Crippen molar-refractivity contribution in [1.82, 2.24) is 20.0 Å². The Labute approximate surface area is 175 Å². The van der Waals surface area contributed by atoms with Crippen LogP contribution in [0.5, 0.6) is 0 Å². The van der Waals surface area contributed by atoms with Crippen LogP contribution in [0.4, 0.5) is 4.39 Å². The van der Waals surface area contributed by atoms with E-state index in [1.165, 1.54) is 17.7 Å². The zero-order chi connectivity index (χ0) is 20.7. The average Bonchev–Trinajstić information content (AvgIpc) is 3.44. The minimum absolute atomic E-state index is 0.139. The lowest BCUT2D eigenvalue weighted by atomic mass is 9.89. The molecule has 1 amide bonds. The molecule has 0 spiro atoms. The number of likely N-dealkylation sites (tertiary alicyclic amines) is 2. The minimum atomic E-state index is -0.242. The number of benzene rings is 2. The summed E-state index contributed by atoms with van der Waals surface area (Å²) >= 11 is 0. The van der Waals surface area contributed by atoms with E-state index in [-0.39, 0.29) is 17.8 Å². The van der Waals surface area contributed by atoms with E-state index in [2.05, 4.69) is 27.2 Å². The van der Waals surface area contributed by atoms with E-state index in [1.54, 1.807) is 19.1 Å². The largest absolute Gasteiger partial charge is 0.335 e. The van der Waals surface area contributed by atoms with Gasteiger partial charge in [0.1, 0.15) is 5.82 Å². The molecule has 0 aliphatic carbocycles. The average molecular weight is 404 g/mol. The van der Waals surface area contributed by atoms with Crippen LogP contribution in [0.25, 0.3) is 11.3 Å². The smallest absolute Gasteiger partial charge is 0.219 e. The summed E-state index contributed by atoms with van der Waals surface area (Å²) in [4.78, 5) is 16.8. The van der Waals surface area contributed by atoms with Crippen molar-refractivity contribution in [3.63, 3.8) is 0 Å². The molecule has 1 N–H and O–H groups in total. The molecular weight excluding hydrogens is 379 g/mol. The van der Waals surface area contributed by atoms with Gasteiger partial charge in [0.2, 0.25) is 5.91 Å².